The molecule has 0 aliphatic heterocycles. The first kappa shape index (κ1) is 24.7. The molecule has 0 aromatic carbocycles. The molecule has 0 spiro atoms. The summed E-state index contributed by atoms with van der Waals surface area (Å²) in [5.41, 5.74) is 0.0375. The number of carbonyl (C=O) groups excluding carboxylic acids is 1. The number of nitrogens with zero attached hydrogens (tertiary/aromatic N) is 2. The van der Waals surface area contributed by atoms with Crippen molar-refractivity contribution in [3.05, 3.63) is 55.9 Å². The van der Waals surface area contributed by atoms with E-state index in [2.05, 4.69) is 6.92 Å². The molecule has 0 heterocycles. The van der Waals surface area contributed by atoms with Crippen molar-refractivity contribution < 1.29 is 14.6 Å². The van der Waals surface area contributed by atoms with Gasteiger partial charge in [-0.05, 0) is 37.8 Å². The smallest absolute Gasteiger partial charge is 0.246 e. The zero-order valence-corrected chi connectivity index (χ0v) is 16.3. The Balaban J connectivity index is 4.38. The molecule has 0 saturated heterocycles. The summed E-state index contributed by atoms with van der Waals surface area (Å²) >= 11 is 0. The molecule has 7 nitrogen and oxygen atoms in total. The molecule has 0 fully saturated rings. The number of nitro groups is 2. The molecule has 0 radical (unpaired) electrons. The molecule has 0 rings (SSSR count). The van der Waals surface area contributed by atoms with Crippen molar-refractivity contribution in [2.24, 2.45) is 0 Å². The topological polar surface area (TPSA) is 103 Å². The van der Waals surface area contributed by atoms with Crippen molar-refractivity contribution in [1.29, 1.82) is 0 Å². The average Bonchev–Trinajstić information content (AvgIpc) is 2.63. The zero-order chi connectivity index (χ0) is 20.3. The number of hydrogen-bond acceptors (Lipinski definition) is 5. The van der Waals surface area contributed by atoms with Crippen LogP contribution in [0.25, 0.3) is 0 Å². The Bertz CT molecular complexity index is 538. The van der Waals surface area contributed by atoms with Crippen molar-refractivity contribution in [1.82, 2.24) is 0 Å². The second-order valence-corrected chi connectivity index (χ2v) is 6.43. The van der Waals surface area contributed by atoms with Gasteiger partial charge in [0.2, 0.25) is 11.4 Å². The quantitative estimate of drug-likeness (QED) is 0.105. The maximum atomic E-state index is 11.1. The van der Waals surface area contributed by atoms with Crippen LogP contribution >= 0.6 is 0 Å². The predicted molar refractivity (Wildman–Crippen MR) is 106 cm³/mol. The minimum atomic E-state index is -0.495. The van der Waals surface area contributed by atoms with Crippen LogP contribution in [-0.4, -0.2) is 16.1 Å². The normalized spacial score (nSPS) is 12.5. The van der Waals surface area contributed by atoms with Gasteiger partial charge >= 0.3 is 0 Å². The van der Waals surface area contributed by atoms with Gasteiger partial charge in [-0.25, -0.2) is 0 Å². The molecule has 0 aliphatic rings. The van der Waals surface area contributed by atoms with E-state index in [1.54, 1.807) is 6.08 Å². The largest absolute Gasteiger partial charge is 0.303 e. The van der Waals surface area contributed by atoms with E-state index < -0.39 is 9.85 Å². The Hall–Kier alpha value is -2.31. The number of unbranched alkanes of at least 4 members (excludes halogenated alkanes) is 7. The number of rotatable bonds is 17. The lowest BCUT2D eigenvalue weighted by Gasteiger charge is -1.98. The molecule has 0 amide bonds. The third-order valence-electron chi connectivity index (χ3n) is 4.15. The molecular weight excluding hydrogens is 348 g/mol. The van der Waals surface area contributed by atoms with E-state index in [4.69, 9.17) is 0 Å². The van der Waals surface area contributed by atoms with Crippen molar-refractivity contribution in [3.63, 3.8) is 0 Å². The molecule has 0 saturated carbocycles. The highest BCUT2D eigenvalue weighted by Gasteiger charge is 2.11. The molecule has 0 aromatic rings. The van der Waals surface area contributed by atoms with Gasteiger partial charge < -0.3 is 4.79 Å². The first-order valence-electron chi connectivity index (χ1n) is 9.78. The fourth-order valence-electron chi connectivity index (χ4n) is 2.56. The van der Waals surface area contributed by atoms with Gasteiger partial charge in [0.25, 0.3) is 0 Å². The summed E-state index contributed by atoms with van der Waals surface area (Å²) in [5.74, 6) is 0. The first-order chi connectivity index (χ1) is 13.0. The van der Waals surface area contributed by atoms with E-state index in [1.165, 1.54) is 44.3 Å². The minimum Gasteiger partial charge on any atom is -0.303 e. The van der Waals surface area contributed by atoms with Crippen LogP contribution in [0, 0.1) is 20.2 Å². The van der Waals surface area contributed by atoms with E-state index in [9.17, 15) is 25.0 Å². The first-order valence-corrected chi connectivity index (χ1v) is 9.78. The Morgan fingerprint density at radius 2 is 1.44 bits per heavy atom. The molecule has 0 aromatic heterocycles. The van der Waals surface area contributed by atoms with Gasteiger partial charge in [-0.2, -0.15) is 0 Å². The molecule has 152 valence electrons. The Morgan fingerprint density at radius 1 is 0.815 bits per heavy atom. The molecule has 0 N–H and O–H groups in total. The molecule has 0 bridgehead atoms. The highest BCUT2D eigenvalue weighted by molar-refractivity contribution is 5.49. The second-order valence-electron chi connectivity index (χ2n) is 6.43. The van der Waals surface area contributed by atoms with Gasteiger partial charge in [0, 0.05) is 12.8 Å². The number of hydrogen-bond donors (Lipinski definition) is 0. The van der Waals surface area contributed by atoms with E-state index in [-0.39, 0.29) is 37.1 Å². The van der Waals surface area contributed by atoms with Crippen molar-refractivity contribution >= 4 is 6.29 Å². The van der Waals surface area contributed by atoms with E-state index in [0.29, 0.717) is 6.42 Å². The third kappa shape index (κ3) is 14.5. The van der Waals surface area contributed by atoms with Crippen LogP contribution in [0.3, 0.4) is 0 Å². The molecule has 7 heteroatoms. The number of aldehydes is 1. The van der Waals surface area contributed by atoms with Crippen LogP contribution in [0.2, 0.25) is 0 Å². The van der Waals surface area contributed by atoms with Crippen molar-refractivity contribution in [3.8, 4) is 0 Å². The third-order valence-corrected chi connectivity index (χ3v) is 4.15. The minimum absolute atomic E-state index is 0.00517. The summed E-state index contributed by atoms with van der Waals surface area (Å²) in [6.45, 7) is 2.19. The summed E-state index contributed by atoms with van der Waals surface area (Å²) < 4.78 is 0. The van der Waals surface area contributed by atoms with Crippen LogP contribution in [0.15, 0.2) is 35.7 Å². The van der Waals surface area contributed by atoms with E-state index in [1.807, 2.05) is 6.08 Å². The summed E-state index contributed by atoms with van der Waals surface area (Å²) in [6, 6.07) is 0. The summed E-state index contributed by atoms with van der Waals surface area (Å²) in [4.78, 5) is 31.4. The van der Waals surface area contributed by atoms with Crippen LogP contribution < -0.4 is 0 Å². The lowest BCUT2D eigenvalue weighted by atomic mass is 10.1. The lowest BCUT2D eigenvalue weighted by Crippen LogP contribution is -2.00. The van der Waals surface area contributed by atoms with Gasteiger partial charge in [0.05, 0.1) is 16.3 Å². The van der Waals surface area contributed by atoms with E-state index >= 15 is 0 Å². The van der Waals surface area contributed by atoms with Crippen LogP contribution in [0.5, 0.6) is 0 Å². The molecule has 0 aliphatic carbocycles. The predicted octanol–water partition coefficient (Wildman–Crippen LogP) is 5.76. The standard InChI is InChI=1S/C20H32N2O5/c1-2-3-4-5-6-7-8-9-10-14-19(21(24)25)16-13-17-20(22(26)27)15-11-12-18-23/h9-10,16-18H,2-8,11-15H2,1H3/b10-9-,19-16+,20-17+. The van der Waals surface area contributed by atoms with Crippen molar-refractivity contribution in [2.75, 3.05) is 0 Å². The van der Waals surface area contributed by atoms with Gasteiger partial charge in [-0.1, -0.05) is 51.2 Å². The maximum absolute atomic E-state index is 11.1. The Labute approximate surface area is 161 Å². The van der Waals surface area contributed by atoms with Gasteiger partial charge in [0.1, 0.15) is 6.29 Å². The van der Waals surface area contributed by atoms with Gasteiger partial charge in [-0.3, -0.25) is 20.2 Å². The molecule has 0 unspecified atom stereocenters. The molecular formula is C20H32N2O5. The highest BCUT2D eigenvalue weighted by Crippen LogP contribution is 2.12. The fraction of sp³-hybridized carbons (Fsp3) is 0.650. The van der Waals surface area contributed by atoms with Crippen LogP contribution in [0.1, 0.15) is 84.0 Å². The Morgan fingerprint density at radius 3 is 2.07 bits per heavy atom. The summed E-state index contributed by atoms with van der Waals surface area (Å²) in [7, 11) is 0. The summed E-state index contributed by atoms with van der Waals surface area (Å²) in [6.07, 6.45) is 16.7. The monoisotopic (exact) mass is 380 g/mol. The summed E-state index contributed by atoms with van der Waals surface area (Å²) in [5, 5.41) is 22.0. The SMILES string of the molecule is CCCCCCCC/C=C\C/C(=C\C/C=C(\CCCC=O)[N+](=O)[O-])[N+](=O)[O-]. The van der Waals surface area contributed by atoms with Crippen molar-refractivity contribution in [2.45, 2.75) is 84.0 Å². The highest BCUT2D eigenvalue weighted by atomic mass is 16.6. The van der Waals surface area contributed by atoms with Crippen LogP contribution in [-0.2, 0) is 4.79 Å². The van der Waals surface area contributed by atoms with Gasteiger partial charge in [-0.15, -0.1) is 0 Å². The molecule has 0 atom stereocenters. The lowest BCUT2D eigenvalue weighted by molar-refractivity contribution is -0.428. The fourth-order valence-corrected chi connectivity index (χ4v) is 2.56. The molecule has 27 heavy (non-hydrogen) atoms. The van der Waals surface area contributed by atoms with E-state index in [0.717, 1.165) is 19.1 Å². The van der Waals surface area contributed by atoms with Crippen LogP contribution in [0.4, 0.5) is 0 Å². The zero-order valence-electron chi connectivity index (χ0n) is 16.3. The average molecular weight is 380 g/mol. The Kier molecular flexibility index (Phi) is 15.7. The second kappa shape index (κ2) is 17.1. The maximum Gasteiger partial charge on any atom is 0.246 e. The number of allylic oxidation sites excluding steroid dienone is 5. The van der Waals surface area contributed by atoms with Gasteiger partial charge in [0.15, 0.2) is 0 Å². The number of carbonyl (C=O) groups is 1.